The van der Waals surface area contributed by atoms with Crippen LogP contribution in [0.4, 0.5) is 13.2 Å². The van der Waals surface area contributed by atoms with Gasteiger partial charge in [-0.3, -0.25) is 4.68 Å². The molecule has 0 atom stereocenters. The molecule has 0 aliphatic heterocycles. The molecular weight excluding hydrogens is 249 g/mol. The van der Waals surface area contributed by atoms with Crippen molar-refractivity contribution < 1.29 is 22.7 Å². The van der Waals surface area contributed by atoms with Gasteiger partial charge in [0.1, 0.15) is 0 Å². The zero-order chi connectivity index (χ0) is 14.1. The highest BCUT2D eigenvalue weighted by molar-refractivity contribution is 5.93. The standard InChI is InChI=1S/C11H13F3N2O2/c1-6-10(7(2)16(3)15-6)8(11(12,13)14)5-9(17)18-4/h5H,1-4H3/b8-5-. The topological polar surface area (TPSA) is 44.1 Å². The summed E-state index contributed by atoms with van der Waals surface area (Å²) in [5, 5.41) is 3.90. The lowest BCUT2D eigenvalue weighted by Gasteiger charge is -2.12. The average molecular weight is 262 g/mol. The smallest absolute Gasteiger partial charge is 0.417 e. The maximum Gasteiger partial charge on any atom is 0.417 e. The lowest BCUT2D eigenvalue weighted by atomic mass is 10.0. The van der Waals surface area contributed by atoms with Crippen LogP contribution in [0.2, 0.25) is 0 Å². The number of hydrogen-bond donors (Lipinski definition) is 0. The van der Waals surface area contributed by atoms with Crippen LogP contribution in [0.5, 0.6) is 0 Å². The summed E-state index contributed by atoms with van der Waals surface area (Å²) in [6.07, 6.45) is -4.20. The lowest BCUT2D eigenvalue weighted by Crippen LogP contribution is -2.14. The third kappa shape index (κ3) is 2.72. The number of nitrogens with zero attached hydrogens (tertiary/aromatic N) is 2. The van der Waals surface area contributed by atoms with E-state index in [1.54, 1.807) is 0 Å². The summed E-state index contributed by atoms with van der Waals surface area (Å²) in [5.74, 6) is -1.05. The fourth-order valence-electron chi connectivity index (χ4n) is 1.64. The van der Waals surface area contributed by atoms with Crippen LogP contribution in [-0.4, -0.2) is 29.0 Å². The van der Waals surface area contributed by atoms with Gasteiger partial charge in [0.15, 0.2) is 0 Å². The van der Waals surface area contributed by atoms with E-state index in [1.807, 2.05) is 0 Å². The SMILES string of the molecule is COC(=O)/C=C(/c1c(C)nn(C)c1C)C(F)(F)F. The Morgan fingerprint density at radius 1 is 1.39 bits per heavy atom. The molecule has 0 aliphatic carbocycles. The maximum absolute atomic E-state index is 13.0. The normalized spacial score (nSPS) is 12.7. The summed E-state index contributed by atoms with van der Waals surface area (Å²) in [6, 6.07) is 0. The van der Waals surface area contributed by atoms with Gasteiger partial charge in [0.05, 0.1) is 18.4 Å². The van der Waals surface area contributed by atoms with Crippen molar-refractivity contribution in [2.24, 2.45) is 7.05 Å². The Kier molecular flexibility index (Phi) is 3.83. The Hall–Kier alpha value is -1.79. The molecule has 1 rings (SSSR count). The molecule has 0 amide bonds. The van der Waals surface area contributed by atoms with E-state index in [1.165, 1.54) is 25.6 Å². The van der Waals surface area contributed by atoms with E-state index in [4.69, 9.17) is 0 Å². The van der Waals surface area contributed by atoms with E-state index in [2.05, 4.69) is 9.84 Å². The number of allylic oxidation sites excluding steroid dienone is 1. The van der Waals surface area contributed by atoms with Crippen molar-refractivity contribution in [1.29, 1.82) is 0 Å². The molecule has 18 heavy (non-hydrogen) atoms. The molecule has 0 saturated carbocycles. The summed E-state index contributed by atoms with van der Waals surface area (Å²) >= 11 is 0. The minimum Gasteiger partial charge on any atom is -0.466 e. The van der Waals surface area contributed by atoms with Gasteiger partial charge in [-0.2, -0.15) is 18.3 Å². The number of carbonyl (C=O) groups excluding carboxylic acids is 1. The predicted molar refractivity (Wildman–Crippen MR) is 58.7 cm³/mol. The van der Waals surface area contributed by atoms with Gasteiger partial charge in [-0.1, -0.05) is 0 Å². The van der Waals surface area contributed by atoms with Gasteiger partial charge in [0, 0.05) is 24.4 Å². The second-order valence-corrected chi connectivity index (χ2v) is 3.75. The third-order valence-corrected chi connectivity index (χ3v) is 2.55. The van der Waals surface area contributed by atoms with Crippen molar-refractivity contribution in [2.45, 2.75) is 20.0 Å². The van der Waals surface area contributed by atoms with Crippen LogP contribution in [0.15, 0.2) is 6.08 Å². The predicted octanol–water partition coefficient (Wildman–Crippen LogP) is 2.16. The zero-order valence-electron chi connectivity index (χ0n) is 10.4. The molecule has 0 spiro atoms. The van der Waals surface area contributed by atoms with Gasteiger partial charge in [0.2, 0.25) is 0 Å². The monoisotopic (exact) mass is 262 g/mol. The Labute approximate surface area is 102 Å². The highest BCUT2D eigenvalue weighted by atomic mass is 19.4. The van der Waals surface area contributed by atoms with Crippen molar-refractivity contribution >= 4 is 11.5 Å². The van der Waals surface area contributed by atoms with E-state index >= 15 is 0 Å². The quantitative estimate of drug-likeness (QED) is 0.606. The number of ether oxygens (including phenoxy) is 1. The van der Waals surface area contributed by atoms with Crippen LogP contribution in [0.3, 0.4) is 0 Å². The molecule has 0 aromatic carbocycles. The maximum atomic E-state index is 13.0. The minimum absolute atomic E-state index is 0.0876. The number of rotatable bonds is 2. The number of hydrogen-bond acceptors (Lipinski definition) is 3. The summed E-state index contributed by atoms with van der Waals surface area (Å²) < 4.78 is 44.5. The Morgan fingerprint density at radius 3 is 2.28 bits per heavy atom. The number of aryl methyl sites for hydroxylation is 2. The molecule has 1 aromatic heterocycles. The number of carbonyl (C=O) groups is 1. The Morgan fingerprint density at radius 2 is 1.94 bits per heavy atom. The average Bonchev–Trinajstić information content (AvgIpc) is 2.49. The highest BCUT2D eigenvalue weighted by Gasteiger charge is 2.38. The van der Waals surface area contributed by atoms with Gasteiger partial charge in [0.25, 0.3) is 0 Å². The molecule has 0 fully saturated rings. The van der Waals surface area contributed by atoms with Crippen LogP contribution in [-0.2, 0) is 16.6 Å². The summed E-state index contributed by atoms with van der Waals surface area (Å²) in [7, 11) is 2.56. The van der Waals surface area contributed by atoms with E-state index in [0.717, 1.165) is 7.11 Å². The zero-order valence-corrected chi connectivity index (χ0v) is 10.4. The summed E-state index contributed by atoms with van der Waals surface area (Å²) in [6.45, 7) is 2.96. The lowest BCUT2D eigenvalue weighted by molar-refractivity contribution is -0.135. The molecule has 100 valence electrons. The van der Waals surface area contributed by atoms with Crippen molar-refractivity contribution in [1.82, 2.24) is 9.78 Å². The first-order chi connectivity index (χ1) is 8.18. The van der Waals surface area contributed by atoms with E-state index in [0.29, 0.717) is 11.8 Å². The van der Waals surface area contributed by atoms with Gasteiger partial charge < -0.3 is 4.74 Å². The summed E-state index contributed by atoms with van der Waals surface area (Å²) in [5.41, 5.74) is -0.588. The first-order valence-electron chi connectivity index (χ1n) is 5.06. The van der Waals surface area contributed by atoms with E-state index < -0.39 is 17.7 Å². The molecule has 0 bridgehead atoms. The first kappa shape index (κ1) is 14.3. The molecule has 0 saturated heterocycles. The highest BCUT2D eigenvalue weighted by Crippen LogP contribution is 2.36. The van der Waals surface area contributed by atoms with Crippen molar-refractivity contribution in [3.8, 4) is 0 Å². The van der Waals surface area contributed by atoms with Crippen LogP contribution < -0.4 is 0 Å². The van der Waals surface area contributed by atoms with Crippen LogP contribution in [0.1, 0.15) is 17.0 Å². The molecule has 4 nitrogen and oxygen atoms in total. The van der Waals surface area contributed by atoms with Crippen LogP contribution >= 0.6 is 0 Å². The number of methoxy groups -OCH3 is 1. The fourth-order valence-corrected chi connectivity index (χ4v) is 1.64. The molecular formula is C11H13F3N2O2. The van der Waals surface area contributed by atoms with Crippen LogP contribution in [0.25, 0.3) is 5.57 Å². The molecule has 1 heterocycles. The van der Waals surface area contributed by atoms with Gasteiger partial charge >= 0.3 is 12.1 Å². The Balaban J connectivity index is 3.46. The fraction of sp³-hybridized carbons (Fsp3) is 0.455. The molecule has 1 aromatic rings. The third-order valence-electron chi connectivity index (χ3n) is 2.55. The molecule has 7 heteroatoms. The molecule has 0 aliphatic rings. The first-order valence-corrected chi connectivity index (χ1v) is 5.06. The molecule has 0 radical (unpaired) electrons. The minimum atomic E-state index is -4.65. The number of alkyl halides is 3. The second kappa shape index (κ2) is 4.83. The molecule has 0 N–H and O–H groups in total. The Bertz CT molecular complexity index is 501. The largest absolute Gasteiger partial charge is 0.466 e. The van der Waals surface area contributed by atoms with Crippen molar-refractivity contribution in [3.63, 3.8) is 0 Å². The number of halogens is 3. The number of aromatic nitrogens is 2. The van der Waals surface area contributed by atoms with E-state index in [-0.39, 0.29) is 11.3 Å². The number of esters is 1. The van der Waals surface area contributed by atoms with Crippen LogP contribution in [0, 0.1) is 13.8 Å². The molecule has 0 unspecified atom stereocenters. The second-order valence-electron chi connectivity index (χ2n) is 3.75. The van der Waals surface area contributed by atoms with Gasteiger partial charge in [-0.15, -0.1) is 0 Å². The van der Waals surface area contributed by atoms with Crippen molar-refractivity contribution in [2.75, 3.05) is 7.11 Å². The van der Waals surface area contributed by atoms with Crippen molar-refractivity contribution in [3.05, 3.63) is 23.0 Å². The summed E-state index contributed by atoms with van der Waals surface area (Å²) in [4.78, 5) is 11.0. The van der Waals surface area contributed by atoms with Gasteiger partial charge in [-0.05, 0) is 13.8 Å². The van der Waals surface area contributed by atoms with E-state index in [9.17, 15) is 18.0 Å². The van der Waals surface area contributed by atoms with Gasteiger partial charge in [-0.25, -0.2) is 4.79 Å².